The Morgan fingerprint density at radius 3 is 1.19 bits per heavy atom. The summed E-state index contributed by atoms with van der Waals surface area (Å²) in [7, 11) is 0. The van der Waals surface area contributed by atoms with Gasteiger partial charge in [0.1, 0.15) is 0 Å². The number of benzene rings is 6. The van der Waals surface area contributed by atoms with Gasteiger partial charge in [-0.3, -0.25) is 0 Å². The maximum absolute atomic E-state index is 6.52. The molecule has 0 saturated carbocycles. The molecule has 0 fully saturated rings. The second kappa shape index (κ2) is 15.5. The van der Waals surface area contributed by atoms with Crippen molar-refractivity contribution in [3.05, 3.63) is 156 Å². The minimum absolute atomic E-state index is 0.954. The van der Waals surface area contributed by atoms with Gasteiger partial charge >= 0.3 is 22.7 Å². The van der Waals surface area contributed by atoms with Crippen LogP contribution in [-0.4, -0.2) is 0 Å². The molecule has 6 aromatic carbocycles. The molecule has 0 unspecified atom stereocenters. The van der Waals surface area contributed by atoms with Crippen molar-refractivity contribution < 1.29 is 8.83 Å². The van der Waals surface area contributed by atoms with Crippen LogP contribution in [0.1, 0.15) is 73.6 Å². The molecule has 2 nitrogen and oxygen atoms in total. The number of unbranched alkanes of at least 4 members (excludes halogenated alkanes) is 7. The molecule has 0 amide bonds. The number of hydrogen-bond donors (Lipinski definition) is 0. The fourth-order valence-electron chi connectivity index (χ4n) is 7.90. The van der Waals surface area contributed by atoms with Crippen LogP contribution < -0.4 is 0 Å². The molecule has 8 rings (SSSR count). The molecule has 2 heterocycles. The van der Waals surface area contributed by atoms with Gasteiger partial charge in [0, 0.05) is 24.3 Å². The van der Waals surface area contributed by atoms with Crippen LogP contribution in [0.2, 0.25) is 0 Å². The lowest BCUT2D eigenvalue weighted by molar-refractivity contribution is 0.566. The van der Waals surface area contributed by atoms with Gasteiger partial charge in [-0.15, -0.1) is 0 Å². The van der Waals surface area contributed by atoms with Crippen molar-refractivity contribution in [3.63, 3.8) is 0 Å². The van der Waals surface area contributed by atoms with E-state index in [-0.39, 0.29) is 0 Å². The summed E-state index contributed by atoms with van der Waals surface area (Å²) in [6.45, 7) is 4.26. The van der Waals surface area contributed by atoms with E-state index in [2.05, 4.69) is 147 Å². The minimum atomic E-state index is 0.954. The maximum atomic E-state index is 6.52. The van der Waals surface area contributed by atoms with E-state index in [1.54, 1.807) is 0 Å². The third-order valence-electron chi connectivity index (χ3n) is 10.8. The van der Waals surface area contributed by atoms with Gasteiger partial charge in [-0.05, 0) is 109 Å². The highest BCUT2D eigenvalue weighted by Gasteiger charge is 2.22. The molecule has 0 aliphatic rings. The number of aryl methyl sites for hydroxylation is 4. The molecule has 8 aromatic rings. The Morgan fingerprint density at radius 1 is 0.385 bits per heavy atom. The molecule has 258 valence electrons. The Kier molecular flexibility index (Phi) is 10.1. The maximum Gasteiger partial charge on any atom is 0.361 e. The summed E-state index contributed by atoms with van der Waals surface area (Å²) in [5, 5.41) is 7.65. The van der Waals surface area contributed by atoms with Crippen LogP contribution in [0.5, 0.6) is 0 Å². The predicted octanol–water partition coefficient (Wildman–Crippen LogP) is 14.9. The van der Waals surface area contributed by atoms with Crippen LogP contribution in [0.4, 0.5) is 0 Å². The molecule has 0 N–H and O–H groups in total. The highest BCUT2D eigenvalue weighted by molar-refractivity contribution is 6.08. The first-order chi connectivity index (χ1) is 25.6. The van der Waals surface area contributed by atoms with E-state index >= 15 is 0 Å². The van der Waals surface area contributed by atoms with Crippen molar-refractivity contribution in [2.24, 2.45) is 0 Å². The second-order valence-electron chi connectivity index (χ2n) is 14.7. The smallest absolute Gasteiger partial charge is 0.207 e. The largest absolute Gasteiger partial charge is 0.361 e. The number of fused-ring (bicyclic) bond motifs is 6. The van der Waals surface area contributed by atoms with E-state index in [1.165, 1.54) is 106 Å². The summed E-state index contributed by atoms with van der Waals surface area (Å²) in [4.78, 5) is 0. The highest BCUT2D eigenvalue weighted by Crippen LogP contribution is 2.36. The van der Waals surface area contributed by atoms with E-state index in [0.29, 0.717) is 0 Å². The first kappa shape index (κ1) is 33.8. The summed E-state index contributed by atoms with van der Waals surface area (Å²) in [5.74, 6) is 1.91. The molecule has 52 heavy (non-hydrogen) atoms. The average molecular weight is 681 g/mol. The summed E-state index contributed by atoms with van der Waals surface area (Å²) in [6.07, 6.45) is 12.2. The van der Waals surface area contributed by atoms with Crippen molar-refractivity contribution in [3.8, 4) is 22.6 Å². The Bertz CT molecular complexity index is 2300. The predicted molar refractivity (Wildman–Crippen MR) is 221 cm³/mol. The molecule has 0 bridgehead atoms. The third-order valence-corrected chi connectivity index (χ3v) is 10.8. The Hall–Kier alpha value is -5.34. The Labute approximate surface area is 307 Å². The average Bonchev–Trinajstić information content (AvgIpc) is 3.18. The van der Waals surface area contributed by atoms with Crippen LogP contribution in [0.25, 0.3) is 66.1 Å². The standard InChI is InChI=1S/C50H48O2/c1-35-21-25-39(26-22-35)47-33-41(49-43-19-13-11-15-37(43)29-31-45(49)51-47)17-9-7-5-3-4-6-8-10-18-42-34-48(40-27-23-36(2)24-28-40)52-46-32-30-38-16-12-14-20-44(38)50(42)46/h11-16,19-34H,3-10,17-18H2,1-2H3/q+2. The minimum Gasteiger partial charge on any atom is -0.207 e. The molecule has 0 atom stereocenters. The van der Waals surface area contributed by atoms with E-state index in [9.17, 15) is 0 Å². The summed E-state index contributed by atoms with van der Waals surface area (Å²) >= 11 is 0. The van der Waals surface area contributed by atoms with E-state index in [4.69, 9.17) is 8.83 Å². The fraction of sp³-hybridized carbons (Fsp3) is 0.240. The van der Waals surface area contributed by atoms with Gasteiger partial charge in [0.15, 0.2) is 0 Å². The molecule has 0 aliphatic heterocycles. The van der Waals surface area contributed by atoms with Gasteiger partial charge in [-0.25, -0.2) is 8.83 Å². The van der Waals surface area contributed by atoms with Gasteiger partial charge < -0.3 is 0 Å². The van der Waals surface area contributed by atoms with Crippen molar-refractivity contribution in [1.82, 2.24) is 0 Å². The molecular formula is C50H48O2+2. The molecule has 0 radical (unpaired) electrons. The van der Waals surface area contributed by atoms with Crippen LogP contribution in [0, 0.1) is 13.8 Å². The second-order valence-corrected chi connectivity index (χ2v) is 14.7. The lowest BCUT2D eigenvalue weighted by atomic mass is 9.95. The SMILES string of the molecule is Cc1ccc(-c2cc(CCCCCCCCCCc3cc(-c4ccc(C)cc4)[o+]c4ccc5ccccc5c34)c3c(ccc4ccccc43)[o+]2)cc1. The number of hydrogen-bond acceptors (Lipinski definition) is 0. The van der Waals surface area contributed by atoms with E-state index in [1.807, 2.05) is 0 Å². The Morgan fingerprint density at radius 2 is 0.769 bits per heavy atom. The Balaban J connectivity index is 0.877. The molecule has 2 aromatic heterocycles. The third kappa shape index (κ3) is 7.34. The fourth-order valence-corrected chi connectivity index (χ4v) is 7.90. The molecule has 2 heteroatoms. The lowest BCUT2D eigenvalue weighted by Gasteiger charge is -2.08. The van der Waals surface area contributed by atoms with Gasteiger partial charge in [-0.2, -0.15) is 0 Å². The molecule has 0 saturated heterocycles. The summed E-state index contributed by atoms with van der Waals surface area (Å²) < 4.78 is 13.0. The zero-order chi connectivity index (χ0) is 35.3. The molecular weight excluding hydrogens is 633 g/mol. The molecule has 0 aliphatic carbocycles. The van der Waals surface area contributed by atoms with Crippen LogP contribution in [-0.2, 0) is 12.8 Å². The monoisotopic (exact) mass is 680 g/mol. The summed E-state index contributed by atoms with van der Waals surface area (Å²) in [6, 6.07) is 48.0. The van der Waals surface area contributed by atoms with Crippen LogP contribution in [0.3, 0.4) is 0 Å². The zero-order valence-electron chi connectivity index (χ0n) is 30.6. The van der Waals surface area contributed by atoms with Crippen molar-refractivity contribution >= 4 is 43.5 Å². The van der Waals surface area contributed by atoms with Crippen LogP contribution in [0.15, 0.2) is 142 Å². The lowest BCUT2D eigenvalue weighted by Crippen LogP contribution is -1.93. The van der Waals surface area contributed by atoms with Gasteiger partial charge in [0.2, 0.25) is 0 Å². The van der Waals surface area contributed by atoms with Crippen molar-refractivity contribution in [1.29, 1.82) is 0 Å². The van der Waals surface area contributed by atoms with Crippen molar-refractivity contribution in [2.45, 2.75) is 78.1 Å². The normalized spacial score (nSPS) is 11.7. The first-order valence-corrected chi connectivity index (χ1v) is 19.3. The van der Waals surface area contributed by atoms with Gasteiger partial charge in [0.25, 0.3) is 0 Å². The summed E-state index contributed by atoms with van der Waals surface area (Å²) in [5.41, 5.74) is 9.54. The van der Waals surface area contributed by atoms with Crippen molar-refractivity contribution in [2.75, 3.05) is 0 Å². The number of rotatable bonds is 13. The molecule has 0 spiro atoms. The topological polar surface area (TPSA) is 22.6 Å². The first-order valence-electron chi connectivity index (χ1n) is 19.3. The van der Waals surface area contributed by atoms with E-state index < -0.39 is 0 Å². The van der Waals surface area contributed by atoms with Gasteiger partial charge in [0.05, 0.1) is 21.9 Å². The zero-order valence-corrected chi connectivity index (χ0v) is 30.6. The highest BCUT2D eigenvalue weighted by atomic mass is 16.3. The van der Waals surface area contributed by atoms with Gasteiger partial charge in [-0.1, -0.05) is 122 Å². The van der Waals surface area contributed by atoms with E-state index in [0.717, 1.165) is 46.7 Å². The quantitative estimate of drug-likeness (QED) is 0.0687. The van der Waals surface area contributed by atoms with Crippen LogP contribution >= 0.6 is 0 Å².